The molecule has 1 fully saturated rings. The summed E-state index contributed by atoms with van der Waals surface area (Å²) in [6, 6.07) is 10.9. The number of hydrogen-bond acceptors (Lipinski definition) is 2. The van der Waals surface area contributed by atoms with Crippen LogP contribution < -0.4 is 5.32 Å². The summed E-state index contributed by atoms with van der Waals surface area (Å²) >= 11 is 0. The second kappa shape index (κ2) is 8.49. The lowest BCUT2D eigenvalue weighted by Crippen LogP contribution is -2.52. The molecule has 128 valence electrons. The predicted molar refractivity (Wildman–Crippen MR) is 96.0 cm³/mol. The van der Waals surface area contributed by atoms with Gasteiger partial charge in [0, 0.05) is 32.1 Å². The number of carbonyl (C=O) groups excluding carboxylic acids is 1. The summed E-state index contributed by atoms with van der Waals surface area (Å²) in [5.74, 6) is 1.95. The molecule has 1 heterocycles. The molecule has 0 aliphatic carbocycles. The van der Waals surface area contributed by atoms with Gasteiger partial charge in [-0.1, -0.05) is 58.0 Å². The summed E-state index contributed by atoms with van der Waals surface area (Å²) in [6.07, 6.45) is 1.83. The monoisotopic (exact) mass is 316 g/mol. The predicted octanol–water partition coefficient (Wildman–Crippen LogP) is 3.70. The van der Waals surface area contributed by atoms with Gasteiger partial charge in [-0.2, -0.15) is 0 Å². The average molecular weight is 316 g/mol. The first-order valence-electron chi connectivity index (χ1n) is 9.00. The van der Waals surface area contributed by atoms with E-state index >= 15 is 0 Å². The molecule has 1 aliphatic heterocycles. The molecule has 2 rings (SSSR count). The van der Waals surface area contributed by atoms with Gasteiger partial charge in [-0.05, 0) is 29.7 Å². The van der Waals surface area contributed by atoms with E-state index in [2.05, 4.69) is 62.2 Å². The van der Waals surface area contributed by atoms with Gasteiger partial charge in [-0.25, -0.2) is 0 Å². The highest BCUT2D eigenvalue weighted by atomic mass is 16.2. The number of hydrogen-bond donors (Lipinski definition) is 1. The number of benzene rings is 1. The molecule has 2 unspecified atom stereocenters. The Morgan fingerprint density at radius 1 is 1.17 bits per heavy atom. The van der Waals surface area contributed by atoms with E-state index in [9.17, 15) is 4.79 Å². The Hall–Kier alpha value is -1.35. The average Bonchev–Trinajstić information content (AvgIpc) is 2.53. The van der Waals surface area contributed by atoms with E-state index < -0.39 is 0 Å². The van der Waals surface area contributed by atoms with Crippen molar-refractivity contribution in [3.8, 4) is 0 Å². The van der Waals surface area contributed by atoms with Gasteiger partial charge in [0.2, 0.25) is 5.91 Å². The number of piperidine rings is 1. The van der Waals surface area contributed by atoms with E-state index in [0.29, 0.717) is 36.1 Å². The minimum absolute atomic E-state index is 0.317. The summed E-state index contributed by atoms with van der Waals surface area (Å²) in [5.41, 5.74) is 1.30. The van der Waals surface area contributed by atoms with Crippen molar-refractivity contribution in [2.24, 2.45) is 17.8 Å². The molecule has 1 amide bonds. The number of nitrogens with one attached hydrogen (secondary N) is 1. The van der Waals surface area contributed by atoms with Crippen LogP contribution in [0.4, 0.5) is 0 Å². The Labute approximate surface area is 141 Å². The van der Waals surface area contributed by atoms with Gasteiger partial charge >= 0.3 is 0 Å². The van der Waals surface area contributed by atoms with Gasteiger partial charge in [0.15, 0.2) is 0 Å². The molecule has 0 spiro atoms. The van der Waals surface area contributed by atoms with Gasteiger partial charge in [-0.3, -0.25) is 4.79 Å². The Bertz CT molecular complexity index is 484. The number of likely N-dealkylation sites (tertiary alicyclic amines) is 1. The van der Waals surface area contributed by atoms with Gasteiger partial charge in [0.05, 0.1) is 0 Å². The van der Waals surface area contributed by atoms with E-state index in [4.69, 9.17) is 0 Å². The van der Waals surface area contributed by atoms with Crippen LogP contribution in [-0.4, -0.2) is 29.9 Å². The lowest BCUT2D eigenvalue weighted by atomic mass is 9.85. The Morgan fingerprint density at radius 2 is 1.87 bits per heavy atom. The molecule has 3 nitrogen and oxygen atoms in total. The molecule has 0 radical (unpaired) electrons. The Kier molecular flexibility index (Phi) is 6.64. The molecule has 3 heteroatoms. The molecule has 0 saturated carbocycles. The van der Waals surface area contributed by atoms with Crippen molar-refractivity contribution in [1.82, 2.24) is 10.2 Å². The number of nitrogens with zero attached hydrogens (tertiary/aromatic N) is 1. The summed E-state index contributed by atoms with van der Waals surface area (Å²) in [5, 5.41) is 3.67. The molecule has 0 bridgehead atoms. The highest BCUT2D eigenvalue weighted by molar-refractivity contribution is 5.76. The second-order valence-electron chi connectivity index (χ2n) is 7.70. The lowest BCUT2D eigenvalue weighted by molar-refractivity contribution is -0.134. The molecule has 0 aromatic heterocycles. The van der Waals surface area contributed by atoms with Crippen molar-refractivity contribution in [2.45, 2.75) is 53.1 Å². The largest absolute Gasteiger partial charge is 0.341 e. The third kappa shape index (κ3) is 5.65. The van der Waals surface area contributed by atoms with E-state index in [-0.39, 0.29) is 0 Å². The third-order valence-electron chi connectivity index (χ3n) is 4.80. The van der Waals surface area contributed by atoms with Crippen molar-refractivity contribution in [3.05, 3.63) is 35.9 Å². The Morgan fingerprint density at radius 3 is 2.48 bits per heavy atom. The molecule has 2 atom stereocenters. The fraction of sp³-hybridized carbons (Fsp3) is 0.650. The first kappa shape index (κ1) is 18.0. The molecule has 1 N–H and O–H groups in total. The third-order valence-corrected chi connectivity index (χ3v) is 4.80. The van der Waals surface area contributed by atoms with Crippen LogP contribution in [0.15, 0.2) is 30.3 Å². The normalized spacial score (nSPS) is 21.9. The van der Waals surface area contributed by atoms with Crippen molar-refractivity contribution in [2.75, 3.05) is 13.1 Å². The van der Waals surface area contributed by atoms with Crippen LogP contribution in [0.3, 0.4) is 0 Å². The van der Waals surface area contributed by atoms with E-state index in [1.54, 1.807) is 0 Å². The number of amides is 1. The maximum atomic E-state index is 12.5. The zero-order valence-electron chi connectivity index (χ0n) is 15.1. The summed E-state index contributed by atoms with van der Waals surface area (Å²) in [4.78, 5) is 14.6. The fourth-order valence-electron chi connectivity index (χ4n) is 3.31. The van der Waals surface area contributed by atoms with Crippen LogP contribution >= 0.6 is 0 Å². The van der Waals surface area contributed by atoms with Crippen LogP contribution in [0.25, 0.3) is 0 Å². The zero-order valence-corrected chi connectivity index (χ0v) is 15.1. The zero-order chi connectivity index (χ0) is 16.8. The maximum Gasteiger partial charge on any atom is 0.222 e. The Balaban J connectivity index is 1.96. The van der Waals surface area contributed by atoms with Gasteiger partial charge in [0.25, 0.3) is 0 Å². The van der Waals surface area contributed by atoms with Crippen LogP contribution in [0.5, 0.6) is 0 Å². The summed E-state index contributed by atoms with van der Waals surface area (Å²) in [7, 11) is 0. The number of rotatable bonds is 6. The molecule has 1 aromatic carbocycles. The van der Waals surface area contributed by atoms with Crippen LogP contribution in [-0.2, 0) is 11.3 Å². The summed E-state index contributed by atoms with van der Waals surface area (Å²) in [6.45, 7) is 11.4. The van der Waals surface area contributed by atoms with Crippen molar-refractivity contribution in [1.29, 1.82) is 0 Å². The smallest absolute Gasteiger partial charge is 0.222 e. The summed E-state index contributed by atoms with van der Waals surface area (Å²) < 4.78 is 0. The first-order valence-corrected chi connectivity index (χ1v) is 9.00. The molecule has 1 aliphatic rings. The SMILES string of the molecule is CC(C)CC(=O)N1CC(NCc2ccccc2)CC(C(C)C)C1. The van der Waals surface area contributed by atoms with Crippen LogP contribution in [0.2, 0.25) is 0 Å². The molecule has 1 saturated heterocycles. The lowest BCUT2D eigenvalue weighted by Gasteiger charge is -2.40. The van der Waals surface area contributed by atoms with Crippen LogP contribution in [0, 0.1) is 17.8 Å². The molecule has 23 heavy (non-hydrogen) atoms. The van der Waals surface area contributed by atoms with Crippen molar-refractivity contribution >= 4 is 5.91 Å². The minimum Gasteiger partial charge on any atom is -0.341 e. The highest BCUT2D eigenvalue weighted by Crippen LogP contribution is 2.25. The topological polar surface area (TPSA) is 32.3 Å². The molecular weight excluding hydrogens is 284 g/mol. The van der Waals surface area contributed by atoms with Gasteiger partial charge in [0.1, 0.15) is 0 Å². The standard InChI is InChI=1S/C20H32N2O/c1-15(2)10-20(23)22-13-18(16(3)4)11-19(14-22)21-12-17-8-6-5-7-9-17/h5-9,15-16,18-19,21H,10-14H2,1-4H3. The fourth-order valence-corrected chi connectivity index (χ4v) is 3.31. The van der Waals surface area contributed by atoms with Gasteiger partial charge < -0.3 is 10.2 Å². The van der Waals surface area contributed by atoms with Gasteiger partial charge in [-0.15, -0.1) is 0 Å². The molecular formula is C20H32N2O. The van der Waals surface area contributed by atoms with Crippen molar-refractivity contribution < 1.29 is 4.79 Å². The second-order valence-corrected chi connectivity index (χ2v) is 7.70. The molecule has 1 aromatic rings. The number of carbonyl (C=O) groups is 1. The quantitative estimate of drug-likeness (QED) is 0.868. The van der Waals surface area contributed by atoms with E-state index in [1.165, 1.54) is 5.56 Å². The van der Waals surface area contributed by atoms with Crippen LogP contribution in [0.1, 0.15) is 46.1 Å². The minimum atomic E-state index is 0.317. The maximum absolute atomic E-state index is 12.5. The first-order chi connectivity index (χ1) is 11.0. The highest BCUT2D eigenvalue weighted by Gasteiger charge is 2.31. The van der Waals surface area contributed by atoms with E-state index in [1.807, 2.05) is 6.07 Å². The van der Waals surface area contributed by atoms with Crippen molar-refractivity contribution in [3.63, 3.8) is 0 Å². The van der Waals surface area contributed by atoms with E-state index in [0.717, 1.165) is 26.1 Å².